The molecule has 0 spiro atoms. The molecule has 172 valence electrons. The molecule has 1 fully saturated rings. The Morgan fingerprint density at radius 1 is 0.788 bits per heavy atom. The van der Waals surface area contributed by atoms with E-state index in [9.17, 15) is 13.2 Å². The molecule has 0 nitrogen and oxygen atoms in total. The highest BCUT2D eigenvalue weighted by atomic mass is 79.9. The number of allylic oxidation sites excluding steroid dienone is 1. The molecule has 0 amide bonds. The number of rotatable bonds is 6. The standard InChI is InChI=1S/C29H28BrF3/c1-19-2-10-23(17-27(19)31)26-13-11-24(18-29(26)33)25-12-9-22(16-28(25)32)8-7-20-3-5-21(6-4-20)14-15-30/h2,9-18,20-21H,3-8H2,1H3/b15-14+. The van der Waals surface area contributed by atoms with Gasteiger partial charge >= 0.3 is 0 Å². The van der Waals surface area contributed by atoms with Crippen LogP contribution in [0.25, 0.3) is 22.3 Å². The zero-order chi connectivity index (χ0) is 23.4. The van der Waals surface area contributed by atoms with Crippen LogP contribution in [0.5, 0.6) is 0 Å². The van der Waals surface area contributed by atoms with E-state index in [1.807, 2.05) is 11.1 Å². The topological polar surface area (TPSA) is 0 Å². The maximum atomic E-state index is 14.9. The predicted octanol–water partition coefficient (Wildman–Crippen LogP) is 9.39. The average molecular weight is 513 g/mol. The SMILES string of the molecule is Cc1ccc(-c2ccc(-c3ccc(CCC4CCC(/C=C/Br)CC4)cc3F)cc2F)cc1F. The zero-order valence-corrected chi connectivity index (χ0v) is 20.3. The molecular formula is C29H28BrF3. The summed E-state index contributed by atoms with van der Waals surface area (Å²) < 4.78 is 43.6. The van der Waals surface area contributed by atoms with E-state index < -0.39 is 5.82 Å². The van der Waals surface area contributed by atoms with E-state index in [2.05, 4.69) is 22.0 Å². The Morgan fingerprint density at radius 2 is 1.39 bits per heavy atom. The van der Waals surface area contributed by atoms with Crippen molar-refractivity contribution < 1.29 is 13.2 Å². The van der Waals surface area contributed by atoms with Gasteiger partial charge in [-0.25, -0.2) is 13.2 Å². The lowest BCUT2D eigenvalue weighted by atomic mass is 9.79. The first-order valence-electron chi connectivity index (χ1n) is 11.6. The maximum absolute atomic E-state index is 14.9. The van der Waals surface area contributed by atoms with Gasteiger partial charge in [0.05, 0.1) is 0 Å². The highest BCUT2D eigenvalue weighted by molar-refractivity contribution is 9.11. The monoisotopic (exact) mass is 512 g/mol. The van der Waals surface area contributed by atoms with Gasteiger partial charge in [0.15, 0.2) is 0 Å². The first-order valence-corrected chi connectivity index (χ1v) is 12.5. The van der Waals surface area contributed by atoms with E-state index in [4.69, 9.17) is 0 Å². The normalized spacial score (nSPS) is 18.7. The summed E-state index contributed by atoms with van der Waals surface area (Å²) in [6.45, 7) is 1.67. The second-order valence-corrected chi connectivity index (χ2v) is 9.64. The first-order chi connectivity index (χ1) is 15.9. The fraction of sp³-hybridized carbons (Fsp3) is 0.310. The molecule has 0 aliphatic heterocycles. The van der Waals surface area contributed by atoms with Crippen molar-refractivity contribution in [3.63, 3.8) is 0 Å². The molecule has 0 saturated heterocycles. The number of aryl methyl sites for hydroxylation is 2. The smallest absolute Gasteiger partial charge is 0.131 e. The van der Waals surface area contributed by atoms with Gasteiger partial charge in [0, 0.05) is 11.1 Å². The summed E-state index contributed by atoms with van der Waals surface area (Å²) >= 11 is 3.36. The van der Waals surface area contributed by atoms with Crippen LogP contribution in [0.2, 0.25) is 0 Å². The van der Waals surface area contributed by atoms with Crippen molar-refractivity contribution in [3.8, 4) is 22.3 Å². The lowest BCUT2D eigenvalue weighted by molar-refractivity contribution is 0.296. The molecule has 0 radical (unpaired) electrons. The summed E-state index contributed by atoms with van der Waals surface area (Å²) in [5.41, 5.74) is 3.11. The van der Waals surface area contributed by atoms with E-state index in [1.54, 1.807) is 43.3 Å². The fourth-order valence-corrected chi connectivity index (χ4v) is 5.20. The van der Waals surface area contributed by atoms with Crippen LogP contribution in [0.15, 0.2) is 65.7 Å². The third-order valence-electron chi connectivity index (χ3n) is 6.87. The third kappa shape index (κ3) is 5.78. The Hall–Kier alpha value is -2.33. The Morgan fingerprint density at radius 3 is 2.00 bits per heavy atom. The Bertz CT molecular complexity index is 1140. The van der Waals surface area contributed by atoms with E-state index in [1.165, 1.54) is 37.8 Å². The highest BCUT2D eigenvalue weighted by Gasteiger charge is 2.19. The molecule has 0 unspecified atom stereocenters. The van der Waals surface area contributed by atoms with Crippen molar-refractivity contribution in [1.29, 1.82) is 0 Å². The van der Waals surface area contributed by atoms with E-state index in [-0.39, 0.29) is 11.6 Å². The predicted molar refractivity (Wildman–Crippen MR) is 134 cm³/mol. The van der Waals surface area contributed by atoms with Gasteiger partial charge in [-0.05, 0) is 103 Å². The molecule has 1 aliphatic carbocycles. The molecule has 3 aromatic carbocycles. The van der Waals surface area contributed by atoms with Gasteiger partial charge in [-0.2, -0.15) is 0 Å². The van der Waals surface area contributed by atoms with Crippen LogP contribution < -0.4 is 0 Å². The minimum absolute atomic E-state index is 0.302. The van der Waals surface area contributed by atoms with Crippen LogP contribution in [-0.2, 0) is 6.42 Å². The highest BCUT2D eigenvalue weighted by Crippen LogP contribution is 2.34. The molecule has 4 heteroatoms. The van der Waals surface area contributed by atoms with Crippen molar-refractivity contribution in [3.05, 3.63) is 94.2 Å². The average Bonchev–Trinajstić information content (AvgIpc) is 2.81. The maximum Gasteiger partial charge on any atom is 0.131 e. The second-order valence-electron chi connectivity index (χ2n) is 9.11. The van der Waals surface area contributed by atoms with E-state index in [0.717, 1.165) is 18.4 Å². The van der Waals surface area contributed by atoms with Crippen LogP contribution in [0, 0.1) is 36.2 Å². The molecule has 0 aromatic heterocycles. The van der Waals surface area contributed by atoms with Gasteiger partial charge in [-0.1, -0.05) is 58.4 Å². The summed E-state index contributed by atoms with van der Waals surface area (Å²) in [5, 5.41) is 0. The van der Waals surface area contributed by atoms with Gasteiger partial charge in [-0.3, -0.25) is 0 Å². The molecule has 4 rings (SSSR count). The van der Waals surface area contributed by atoms with Crippen LogP contribution in [0.4, 0.5) is 13.2 Å². The number of hydrogen-bond acceptors (Lipinski definition) is 0. The molecular weight excluding hydrogens is 485 g/mol. The van der Waals surface area contributed by atoms with Crippen molar-refractivity contribution in [1.82, 2.24) is 0 Å². The summed E-state index contributed by atoms with van der Waals surface area (Å²) in [7, 11) is 0. The van der Waals surface area contributed by atoms with Gasteiger partial charge in [0.2, 0.25) is 0 Å². The van der Waals surface area contributed by atoms with Gasteiger partial charge in [-0.15, -0.1) is 0 Å². The van der Waals surface area contributed by atoms with E-state index >= 15 is 0 Å². The Kier molecular flexibility index (Phi) is 7.75. The van der Waals surface area contributed by atoms with Crippen LogP contribution in [0.1, 0.15) is 43.2 Å². The summed E-state index contributed by atoms with van der Waals surface area (Å²) in [4.78, 5) is 1.96. The lowest BCUT2D eigenvalue weighted by Crippen LogP contribution is -2.13. The summed E-state index contributed by atoms with van der Waals surface area (Å²) in [5.74, 6) is 0.161. The van der Waals surface area contributed by atoms with Crippen molar-refractivity contribution in [2.75, 3.05) is 0 Å². The quantitative estimate of drug-likeness (QED) is 0.308. The number of halogens is 4. The van der Waals surface area contributed by atoms with Gasteiger partial charge in [0.1, 0.15) is 17.5 Å². The molecule has 0 atom stereocenters. The van der Waals surface area contributed by atoms with Crippen LogP contribution >= 0.6 is 15.9 Å². The van der Waals surface area contributed by atoms with Gasteiger partial charge in [0.25, 0.3) is 0 Å². The third-order valence-corrected chi connectivity index (χ3v) is 7.18. The molecule has 0 N–H and O–H groups in total. The minimum atomic E-state index is -0.496. The molecule has 33 heavy (non-hydrogen) atoms. The molecule has 0 bridgehead atoms. The Balaban J connectivity index is 1.43. The van der Waals surface area contributed by atoms with Crippen LogP contribution in [0.3, 0.4) is 0 Å². The van der Waals surface area contributed by atoms with Gasteiger partial charge < -0.3 is 0 Å². The van der Waals surface area contributed by atoms with E-state index in [0.29, 0.717) is 39.7 Å². The van der Waals surface area contributed by atoms with Crippen LogP contribution in [-0.4, -0.2) is 0 Å². The largest absolute Gasteiger partial charge is 0.207 e. The minimum Gasteiger partial charge on any atom is -0.207 e. The molecule has 0 heterocycles. The summed E-state index contributed by atoms with van der Waals surface area (Å²) in [6, 6.07) is 14.5. The van der Waals surface area contributed by atoms with Crippen molar-refractivity contribution in [2.45, 2.75) is 45.4 Å². The zero-order valence-electron chi connectivity index (χ0n) is 18.8. The molecule has 1 saturated carbocycles. The Labute approximate surface area is 202 Å². The molecule has 3 aromatic rings. The first kappa shape index (κ1) is 23.8. The fourth-order valence-electron chi connectivity index (χ4n) is 4.77. The van der Waals surface area contributed by atoms with Crippen molar-refractivity contribution >= 4 is 15.9 Å². The molecule has 1 aliphatic rings. The number of benzene rings is 3. The van der Waals surface area contributed by atoms with Crippen molar-refractivity contribution in [2.24, 2.45) is 11.8 Å². The number of hydrogen-bond donors (Lipinski definition) is 0. The summed E-state index contributed by atoms with van der Waals surface area (Å²) in [6.07, 6.45) is 9.04. The second kappa shape index (κ2) is 10.7. The lowest BCUT2D eigenvalue weighted by Gasteiger charge is -2.26.